The summed E-state index contributed by atoms with van der Waals surface area (Å²) in [5.74, 6) is 2.88. The Balaban J connectivity index is 1.81. The predicted octanol–water partition coefficient (Wildman–Crippen LogP) is 1.96. The Kier molecular flexibility index (Phi) is 1.46. The van der Waals surface area contributed by atoms with E-state index in [-0.39, 0.29) is 11.2 Å². The van der Waals surface area contributed by atoms with Crippen molar-refractivity contribution >= 4 is 0 Å². The zero-order valence-electron chi connectivity index (χ0n) is 9.41. The first kappa shape index (κ1) is 9.00. The lowest BCUT2D eigenvalue weighted by Crippen LogP contribution is -2.50. The summed E-state index contributed by atoms with van der Waals surface area (Å²) >= 11 is 0. The first-order valence-corrected chi connectivity index (χ1v) is 6.53. The van der Waals surface area contributed by atoms with Crippen molar-refractivity contribution in [1.29, 1.82) is 0 Å². The highest BCUT2D eigenvalue weighted by Crippen LogP contribution is 2.72. The van der Waals surface area contributed by atoms with Gasteiger partial charge in [-0.15, -0.1) is 0 Å². The lowest BCUT2D eigenvalue weighted by molar-refractivity contribution is -0.127. The van der Waals surface area contributed by atoms with E-state index in [2.05, 4.69) is 6.92 Å². The van der Waals surface area contributed by atoms with E-state index in [9.17, 15) is 5.11 Å². The second kappa shape index (κ2) is 2.43. The summed E-state index contributed by atoms with van der Waals surface area (Å²) in [6, 6.07) is 0. The second-order valence-corrected chi connectivity index (χ2v) is 6.42. The van der Waals surface area contributed by atoms with Gasteiger partial charge in [-0.2, -0.15) is 0 Å². The molecule has 5 saturated carbocycles. The summed E-state index contributed by atoms with van der Waals surface area (Å²) in [5, 5.41) is 10.7. The summed E-state index contributed by atoms with van der Waals surface area (Å²) in [6.45, 7) is 2.91. The van der Waals surface area contributed by atoms with Crippen LogP contribution in [0.3, 0.4) is 0 Å². The minimum absolute atomic E-state index is 0.0874. The van der Waals surface area contributed by atoms with Gasteiger partial charge in [-0.3, -0.25) is 0 Å². The molecule has 0 aromatic carbocycles. The Morgan fingerprint density at radius 2 is 2.20 bits per heavy atom. The van der Waals surface area contributed by atoms with Crippen LogP contribution in [0.2, 0.25) is 0 Å². The Morgan fingerprint density at radius 3 is 2.87 bits per heavy atom. The molecule has 5 aliphatic carbocycles. The van der Waals surface area contributed by atoms with Crippen molar-refractivity contribution in [2.45, 2.75) is 50.2 Å². The van der Waals surface area contributed by atoms with Gasteiger partial charge in [-0.25, -0.2) is 0 Å². The van der Waals surface area contributed by atoms with E-state index in [4.69, 9.17) is 4.74 Å². The summed E-state index contributed by atoms with van der Waals surface area (Å²) in [6.07, 6.45) is 5.96. The minimum Gasteiger partial charge on any atom is -0.389 e. The molecule has 0 aliphatic heterocycles. The van der Waals surface area contributed by atoms with Crippen LogP contribution in [0.15, 0.2) is 0 Å². The molecule has 0 heterocycles. The fraction of sp³-hybridized carbons (Fsp3) is 1.00. The first-order chi connectivity index (χ1) is 7.17. The van der Waals surface area contributed by atoms with Crippen molar-refractivity contribution in [3.63, 3.8) is 0 Å². The van der Waals surface area contributed by atoms with Crippen LogP contribution in [0.4, 0.5) is 0 Å². The zero-order chi connectivity index (χ0) is 10.3. The van der Waals surface area contributed by atoms with Gasteiger partial charge in [0.25, 0.3) is 0 Å². The van der Waals surface area contributed by atoms with Gasteiger partial charge in [0.1, 0.15) is 0 Å². The molecule has 2 heteroatoms. The van der Waals surface area contributed by atoms with Gasteiger partial charge in [0.2, 0.25) is 0 Å². The van der Waals surface area contributed by atoms with E-state index in [0.29, 0.717) is 11.8 Å². The average molecular weight is 208 g/mol. The van der Waals surface area contributed by atoms with Gasteiger partial charge in [0.05, 0.1) is 11.2 Å². The minimum atomic E-state index is -0.329. The Morgan fingerprint density at radius 1 is 1.33 bits per heavy atom. The molecule has 2 nitrogen and oxygen atoms in total. The van der Waals surface area contributed by atoms with Gasteiger partial charge in [0, 0.05) is 13.0 Å². The summed E-state index contributed by atoms with van der Waals surface area (Å²) in [7, 11) is 0. The maximum Gasteiger partial charge on any atom is 0.0744 e. The summed E-state index contributed by atoms with van der Waals surface area (Å²) < 4.78 is 6.10. The molecule has 0 aromatic rings. The molecule has 0 amide bonds. The highest BCUT2D eigenvalue weighted by atomic mass is 16.5. The number of hydrogen-bond acceptors (Lipinski definition) is 2. The van der Waals surface area contributed by atoms with Crippen molar-refractivity contribution < 1.29 is 9.84 Å². The fourth-order valence-electron chi connectivity index (χ4n) is 5.88. The zero-order valence-corrected chi connectivity index (χ0v) is 9.41. The number of ether oxygens (including phenoxy) is 1. The fourth-order valence-corrected chi connectivity index (χ4v) is 5.88. The normalized spacial score (nSPS) is 64.4. The summed E-state index contributed by atoms with van der Waals surface area (Å²) in [4.78, 5) is 0. The Hall–Kier alpha value is -0.0800. The molecule has 6 atom stereocenters. The number of rotatable bonds is 2. The number of hydrogen-bond donors (Lipinski definition) is 1. The first-order valence-electron chi connectivity index (χ1n) is 6.53. The molecule has 0 radical (unpaired) electrons. The lowest BCUT2D eigenvalue weighted by Gasteiger charge is -2.50. The van der Waals surface area contributed by atoms with Crippen molar-refractivity contribution in [2.75, 3.05) is 6.61 Å². The second-order valence-electron chi connectivity index (χ2n) is 6.42. The third kappa shape index (κ3) is 0.861. The lowest BCUT2D eigenvalue weighted by atomic mass is 9.58. The van der Waals surface area contributed by atoms with E-state index in [1.807, 2.05) is 0 Å². The monoisotopic (exact) mass is 208 g/mol. The molecule has 5 fully saturated rings. The highest BCUT2D eigenvalue weighted by Gasteiger charge is 2.73. The van der Waals surface area contributed by atoms with Crippen LogP contribution in [-0.2, 0) is 4.74 Å². The van der Waals surface area contributed by atoms with Crippen LogP contribution < -0.4 is 0 Å². The van der Waals surface area contributed by atoms with Crippen molar-refractivity contribution in [2.24, 2.45) is 23.7 Å². The third-order valence-electron chi connectivity index (χ3n) is 5.75. The highest BCUT2D eigenvalue weighted by molar-refractivity contribution is 5.24. The molecule has 0 saturated heterocycles. The van der Waals surface area contributed by atoms with Crippen LogP contribution in [0.5, 0.6) is 0 Å². The van der Waals surface area contributed by atoms with Crippen molar-refractivity contribution in [3.8, 4) is 0 Å². The SMILES string of the molecule is CCOC12CC3CC4CC1[C@H]3C(O)(C4)C2. The van der Waals surface area contributed by atoms with Gasteiger partial charge in [-0.05, 0) is 56.3 Å². The number of aliphatic hydroxyl groups is 1. The van der Waals surface area contributed by atoms with Crippen molar-refractivity contribution in [1.82, 2.24) is 0 Å². The molecule has 5 rings (SSSR count). The van der Waals surface area contributed by atoms with Crippen LogP contribution >= 0.6 is 0 Å². The van der Waals surface area contributed by atoms with Gasteiger partial charge < -0.3 is 9.84 Å². The molecule has 15 heavy (non-hydrogen) atoms. The third-order valence-corrected chi connectivity index (χ3v) is 5.75. The van der Waals surface area contributed by atoms with Gasteiger partial charge >= 0.3 is 0 Å². The standard InChI is InChI=1S/C13H20O2/c1-2-15-13-6-9-3-8-4-10(13)11(9)12(14,5-8)7-13/h8-11,14H,2-7H2,1H3/t8?,9?,10?,11-,12?,13?/m0/s1. The van der Waals surface area contributed by atoms with Crippen LogP contribution in [-0.4, -0.2) is 22.9 Å². The van der Waals surface area contributed by atoms with Gasteiger partial charge in [0.15, 0.2) is 0 Å². The van der Waals surface area contributed by atoms with E-state index in [1.165, 1.54) is 19.3 Å². The van der Waals surface area contributed by atoms with E-state index in [0.717, 1.165) is 31.3 Å². The van der Waals surface area contributed by atoms with Crippen molar-refractivity contribution in [3.05, 3.63) is 0 Å². The van der Waals surface area contributed by atoms with E-state index in [1.54, 1.807) is 0 Å². The molecule has 1 N–H and O–H groups in total. The Labute approximate surface area is 91.0 Å². The molecular weight excluding hydrogens is 188 g/mol. The quantitative estimate of drug-likeness (QED) is 0.751. The topological polar surface area (TPSA) is 29.5 Å². The molecule has 84 valence electrons. The molecule has 5 unspecified atom stereocenters. The van der Waals surface area contributed by atoms with Crippen LogP contribution in [0.25, 0.3) is 0 Å². The molecule has 0 aromatic heterocycles. The molecular formula is C13H20O2. The van der Waals surface area contributed by atoms with Crippen LogP contribution in [0.1, 0.15) is 39.0 Å². The maximum atomic E-state index is 10.7. The van der Waals surface area contributed by atoms with Crippen LogP contribution in [0, 0.1) is 23.7 Å². The molecule has 0 spiro atoms. The van der Waals surface area contributed by atoms with E-state index >= 15 is 0 Å². The maximum absolute atomic E-state index is 10.7. The van der Waals surface area contributed by atoms with E-state index < -0.39 is 0 Å². The molecule has 6 bridgehead atoms. The van der Waals surface area contributed by atoms with Gasteiger partial charge in [-0.1, -0.05) is 0 Å². The smallest absolute Gasteiger partial charge is 0.0744 e. The summed E-state index contributed by atoms with van der Waals surface area (Å²) in [5.41, 5.74) is -0.242. The predicted molar refractivity (Wildman–Crippen MR) is 56.4 cm³/mol. The Bertz CT molecular complexity index is 316. The average Bonchev–Trinajstić information content (AvgIpc) is 2.44. The molecule has 5 aliphatic rings. The largest absolute Gasteiger partial charge is 0.389 e.